The standard InChI is InChI=1S/C14H23N3OS/c1-12(10-17-6-2-5-15-17)16-13-3-7-18-14(9-13)4-8-19-11-14/h2,5-6,12-13,16H,3-4,7-11H2,1H3. The average Bonchev–Trinajstić information content (AvgIpc) is 3.02. The molecule has 4 nitrogen and oxygen atoms in total. The van der Waals surface area contributed by atoms with Crippen molar-refractivity contribution in [2.24, 2.45) is 0 Å². The van der Waals surface area contributed by atoms with Gasteiger partial charge in [-0.2, -0.15) is 16.9 Å². The van der Waals surface area contributed by atoms with Crippen LogP contribution in [0.2, 0.25) is 0 Å². The largest absolute Gasteiger partial charge is 0.374 e. The van der Waals surface area contributed by atoms with Crippen LogP contribution in [0.3, 0.4) is 0 Å². The van der Waals surface area contributed by atoms with Crippen LogP contribution in [0.1, 0.15) is 26.2 Å². The fourth-order valence-electron chi connectivity index (χ4n) is 3.18. The van der Waals surface area contributed by atoms with E-state index in [0.29, 0.717) is 12.1 Å². The number of rotatable bonds is 4. The smallest absolute Gasteiger partial charge is 0.0795 e. The van der Waals surface area contributed by atoms with Crippen LogP contribution in [0.4, 0.5) is 0 Å². The molecule has 1 aromatic rings. The van der Waals surface area contributed by atoms with Gasteiger partial charge < -0.3 is 10.1 Å². The fraction of sp³-hybridized carbons (Fsp3) is 0.786. The molecule has 1 spiro atoms. The minimum Gasteiger partial charge on any atom is -0.374 e. The molecule has 3 rings (SSSR count). The summed E-state index contributed by atoms with van der Waals surface area (Å²) < 4.78 is 8.06. The van der Waals surface area contributed by atoms with Gasteiger partial charge in [0.2, 0.25) is 0 Å². The predicted molar refractivity (Wildman–Crippen MR) is 78.5 cm³/mol. The van der Waals surface area contributed by atoms with E-state index in [0.717, 1.165) is 19.6 Å². The summed E-state index contributed by atoms with van der Waals surface area (Å²) in [5.41, 5.74) is 0.173. The Kier molecular flexibility index (Phi) is 4.15. The molecule has 2 fully saturated rings. The summed E-state index contributed by atoms with van der Waals surface area (Å²) in [4.78, 5) is 0. The van der Waals surface area contributed by atoms with Crippen LogP contribution < -0.4 is 5.32 Å². The third-order valence-corrected chi connectivity index (χ3v) is 5.32. The molecule has 1 aromatic heterocycles. The Hall–Kier alpha value is -0.520. The van der Waals surface area contributed by atoms with Gasteiger partial charge in [-0.25, -0.2) is 0 Å². The summed E-state index contributed by atoms with van der Waals surface area (Å²) in [6.07, 6.45) is 7.39. The van der Waals surface area contributed by atoms with Crippen molar-refractivity contribution in [2.45, 2.75) is 50.4 Å². The summed E-state index contributed by atoms with van der Waals surface area (Å²) in [5.74, 6) is 2.44. The van der Waals surface area contributed by atoms with Gasteiger partial charge in [0.1, 0.15) is 0 Å². The number of nitrogens with zero attached hydrogens (tertiary/aromatic N) is 2. The maximum atomic E-state index is 6.07. The van der Waals surface area contributed by atoms with E-state index in [4.69, 9.17) is 4.74 Å². The van der Waals surface area contributed by atoms with Crippen molar-refractivity contribution >= 4 is 11.8 Å². The Morgan fingerprint density at radius 1 is 1.63 bits per heavy atom. The van der Waals surface area contributed by atoms with Gasteiger partial charge in [-0.05, 0) is 38.0 Å². The lowest BCUT2D eigenvalue weighted by molar-refractivity contribution is -0.0713. The first kappa shape index (κ1) is 13.5. The molecule has 106 valence electrons. The van der Waals surface area contributed by atoms with Gasteiger partial charge in [0.05, 0.1) is 12.1 Å². The predicted octanol–water partition coefficient (Wildman–Crippen LogP) is 1.92. The zero-order valence-corrected chi connectivity index (χ0v) is 12.4. The van der Waals surface area contributed by atoms with Gasteiger partial charge in [0, 0.05) is 36.8 Å². The van der Waals surface area contributed by atoms with Crippen molar-refractivity contribution in [3.63, 3.8) is 0 Å². The van der Waals surface area contributed by atoms with E-state index in [1.54, 1.807) is 0 Å². The van der Waals surface area contributed by atoms with E-state index in [1.807, 2.05) is 34.9 Å². The van der Waals surface area contributed by atoms with Gasteiger partial charge in [0.15, 0.2) is 0 Å². The lowest BCUT2D eigenvalue weighted by Crippen LogP contribution is -2.50. The van der Waals surface area contributed by atoms with Gasteiger partial charge >= 0.3 is 0 Å². The van der Waals surface area contributed by atoms with E-state index >= 15 is 0 Å². The van der Waals surface area contributed by atoms with Crippen LogP contribution >= 0.6 is 11.8 Å². The molecule has 0 saturated carbocycles. The Morgan fingerprint density at radius 3 is 3.32 bits per heavy atom. The first-order chi connectivity index (χ1) is 9.26. The molecular formula is C14H23N3OS. The lowest BCUT2D eigenvalue weighted by atomic mass is 9.89. The second-order valence-electron chi connectivity index (χ2n) is 5.82. The molecule has 0 amide bonds. The molecule has 3 unspecified atom stereocenters. The van der Waals surface area contributed by atoms with Gasteiger partial charge in [-0.15, -0.1) is 0 Å². The van der Waals surface area contributed by atoms with Crippen molar-refractivity contribution in [1.29, 1.82) is 0 Å². The Balaban J connectivity index is 1.51. The van der Waals surface area contributed by atoms with Crippen LogP contribution in [-0.2, 0) is 11.3 Å². The quantitative estimate of drug-likeness (QED) is 0.915. The molecule has 5 heteroatoms. The molecular weight excluding hydrogens is 258 g/mol. The molecule has 0 aromatic carbocycles. The van der Waals surface area contributed by atoms with Crippen LogP contribution in [0, 0.1) is 0 Å². The molecule has 19 heavy (non-hydrogen) atoms. The Labute approximate surface area is 119 Å². The van der Waals surface area contributed by atoms with Crippen LogP contribution in [0.25, 0.3) is 0 Å². The molecule has 0 radical (unpaired) electrons. The number of hydrogen-bond donors (Lipinski definition) is 1. The van der Waals surface area contributed by atoms with E-state index in [9.17, 15) is 0 Å². The maximum Gasteiger partial charge on any atom is 0.0795 e. The fourth-order valence-corrected chi connectivity index (χ4v) is 4.56. The lowest BCUT2D eigenvalue weighted by Gasteiger charge is -2.39. The highest BCUT2D eigenvalue weighted by atomic mass is 32.2. The Morgan fingerprint density at radius 2 is 2.58 bits per heavy atom. The number of ether oxygens (including phenoxy) is 1. The highest BCUT2D eigenvalue weighted by molar-refractivity contribution is 7.99. The molecule has 1 N–H and O–H groups in total. The molecule has 3 atom stereocenters. The molecule has 0 bridgehead atoms. The summed E-state index contributed by atoms with van der Waals surface area (Å²) in [6.45, 7) is 4.09. The first-order valence-corrected chi connectivity index (χ1v) is 8.36. The van der Waals surface area contributed by atoms with Crippen molar-refractivity contribution in [2.75, 3.05) is 18.1 Å². The van der Waals surface area contributed by atoms with E-state index in [-0.39, 0.29) is 5.60 Å². The highest BCUT2D eigenvalue weighted by Crippen LogP contribution is 2.38. The summed E-state index contributed by atoms with van der Waals surface area (Å²) in [5, 5.41) is 8.03. The van der Waals surface area contributed by atoms with Crippen LogP contribution in [0.5, 0.6) is 0 Å². The zero-order chi connectivity index (χ0) is 13.1. The third kappa shape index (κ3) is 3.33. The second-order valence-corrected chi connectivity index (χ2v) is 6.92. The zero-order valence-electron chi connectivity index (χ0n) is 11.5. The third-order valence-electron chi connectivity index (χ3n) is 4.10. The minimum atomic E-state index is 0.173. The van der Waals surface area contributed by atoms with Gasteiger partial charge in [-0.3, -0.25) is 4.68 Å². The highest BCUT2D eigenvalue weighted by Gasteiger charge is 2.40. The normalized spacial score (nSPS) is 32.8. The SMILES string of the molecule is CC(Cn1cccn1)NC1CCOC2(CCSC2)C1. The number of thioether (sulfide) groups is 1. The average molecular weight is 281 g/mol. The van der Waals surface area contributed by atoms with Gasteiger partial charge in [0.25, 0.3) is 0 Å². The Bertz CT molecular complexity index is 389. The maximum absolute atomic E-state index is 6.07. The second kappa shape index (κ2) is 5.85. The van der Waals surface area contributed by atoms with Crippen molar-refractivity contribution in [3.8, 4) is 0 Å². The molecule has 0 aliphatic carbocycles. The van der Waals surface area contributed by atoms with Crippen molar-refractivity contribution in [1.82, 2.24) is 15.1 Å². The van der Waals surface area contributed by atoms with Crippen LogP contribution in [0.15, 0.2) is 18.5 Å². The molecule has 3 heterocycles. The summed E-state index contributed by atoms with van der Waals surface area (Å²) in [6, 6.07) is 3.03. The van der Waals surface area contributed by atoms with E-state index in [2.05, 4.69) is 17.3 Å². The molecule has 2 saturated heterocycles. The number of nitrogens with one attached hydrogen (secondary N) is 1. The summed E-state index contributed by atoms with van der Waals surface area (Å²) >= 11 is 2.04. The van der Waals surface area contributed by atoms with Crippen molar-refractivity contribution in [3.05, 3.63) is 18.5 Å². The van der Waals surface area contributed by atoms with Gasteiger partial charge in [-0.1, -0.05) is 0 Å². The van der Waals surface area contributed by atoms with Crippen LogP contribution in [-0.4, -0.2) is 45.6 Å². The molecule has 2 aliphatic heterocycles. The topological polar surface area (TPSA) is 39.1 Å². The summed E-state index contributed by atoms with van der Waals surface area (Å²) in [7, 11) is 0. The van der Waals surface area contributed by atoms with Crippen molar-refractivity contribution < 1.29 is 4.74 Å². The number of hydrogen-bond acceptors (Lipinski definition) is 4. The molecule has 2 aliphatic rings. The van der Waals surface area contributed by atoms with E-state index < -0.39 is 0 Å². The number of aromatic nitrogens is 2. The van der Waals surface area contributed by atoms with E-state index in [1.165, 1.54) is 24.3 Å². The minimum absolute atomic E-state index is 0.173. The monoisotopic (exact) mass is 281 g/mol. The first-order valence-electron chi connectivity index (χ1n) is 7.21.